The van der Waals surface area contributed by atoms with Crippen molar-refractivity contribution < 1.29 is 9.59 Å². The molecule has 2 aliphatic rings. The lowest BCUT2D eigenvalue weighted by Gasteiger charge is -2.30. The highest BCUT2D eigenvalue weighted by Crippen LogP contribution is 2.46. The summed E-state index contributed by atoms with van der Waals surface area (Å²) in [6.45, 7) is 0.414. The molecule has 5 nitrogen and oxygen atoms in total. The van der Waals surface area contributed by atoms with Gasteiger partial charge in [-0.1, -0.05) is 18.2 Å². The number of nitrogens with zero attached hydrogens (tertiary/aromatic N) is 1. The van der Waals surface area contributed by atoms with Crippen LogP contribution in [-0.4, -0.2) is 24.9 Å². The largest absolute Gasteiger partial charge is 0.353 e. The number of amides is 2. The lowest BCUT2D eigenvalue weighted by molar-refractivity contribution is -0.130. The van der Waals surface area contributed by atoms with E-state index >= 15 is 0 Å². The van der Waals surface area contributed by atoms with Crippen molar-refractivity contribution in [3.63, 3.8) is 0 Å². The summed E-state index contributed by atoms with van der Waals surface area (Å²) in [6, 6.07) is 7.76. The van der Waals surface area contributed by atoms with E-state index in [4.69, 9.17) is 5.73 Å². The van der Waals surface area contributed by atoms with Gasteiger partial charge in [-0.3, -0.25) is 14.9 Å². The first-order chi connectivity index (χ1) is 8.58. The Morgan fingerprint density at radius 2 is 1.72 bits per heavy atom. The molecule has 94 valence electrons. The fourth-order valence-electron chi connectivity index (χ4n) is 2.38. The highest BCUT2D eigenvalue weighted by atomic mass is 16.2. The number of hydrogen-bond donors (Lipinski definition) is 2. The number of anilines is 1. The first-order valence-electron chi connectivity index (χ1n) is 6.04. The molecule has 1 saturated carbocycles. The quantitative estimate of drug-likeness (QED) is 0.724. The Bertz CT molecular complexity index is 507. The summed E-state index contributed by atoms with van der Waals surface area (Å²) >= 11 is 0. The van der Waals surface area contributed by atoms with Gasteiger partial charge < -0.3 is 10.6 Å². The van der Waals surface area contributed by atoms with Gasteiger partial charge in [-0.05, 0) is 24.5 Å². The van der Waals surface area contributed by atoms with Gasteiger partial charge in [0.2, 0.25) is 11.8 Å². The number of piperazine rings is 1. The Kier molecular flexibility index (Phi) is 2.38. The van der Waals surface area contributed by atoms with E-state index in [0.717, 1.165) is 24.1 Å². The van der Waals surface area contributed by atoms with Crippen molar-refractivity contribution in [2.75, 3.05) is 18.0 Å². The van der Waals surface area contributed by atoms with Crippen LogP contribution in [0.4, 0.5) is 5.69 Å². The normalized spacial score (nSPS) is 21.7. The molecule has 3 rings (SSSR count). The van der Waals surface area contributed by atoms with Gasteiger partial charge in [0.05, 0.1) is 13.1 Å². The molecule has 1 saturated heterocycles. The summed E-state index contributed by atoms with van der Waals surface area (Å²) < 4.78 is 0. The van der Waals surface area contributed by atoms with Crippen LogP contribution >= 0.6 is 0 Å². The number of benzene rings is 1. The number of rotatable bonds is 2. The van der Waals surface area contributed by atoms with Crippen molar-refractivity contribution in [1.29, 1.82) is 0 Å². The zero-order valence-electron chi connectivity index (χ0n) is 9.98. The van der Waals surface area contributed by atoms with E-state index in [-0.39, 0.29) is 30.4 Å². The lowest BCUT2D eigenvalue weighted by atomic mass is 10.0. The second-order valence-corrected chi connectivity index (χ2v) is 5.00. The average Bonchev–Trinajstić information content (AvgIpc) is 3.07. The third-order valence-corrected chi connectivity index (χ3v) is 3.52. The molecule has 18 heavy (non-hydrogen) atoms. The molecule has 1 aliphatic carbocycles. The fourth-order valence-corrected chi connectivity index (χ4v) is 2.38. The van der Waals surface area contributed by atoms with Crippen molar-refractivity contribution >= 4 is 17.5 Å². The fraction of sp³-hybridized carbons (Fsp3) is 0.385. The van der Waals surface area contributed by atoms with Crippen LogP contribution in [0.25, 0.3) is 0 Å². The smallest absolute Gasteiger partial charge is 0.246 e. The molecule has 0 aromatic heterocycles. The summed E-state index contributed by atoms with van der Waals surface area (Å²) in [5.74, 6) is -0.522. The molecule has 3 N–H and O–H groups in total. The summed E-state index contributed by atoms with van der Waals surface area (Å²) in [4.78, 5) is 24.7. The molecule has 0 unspecified atom stereocenters. The second kappa shape index (κ2) is 3.81. The van der Waals surface area contributed by atoms with Gasteiger partial charge in [0.15, 0.2) is 0 Å². The Balaban J connectivity index is 1.96. The Labute approximate surface area is 105 Å². The van der Waals surface area contributed by atoms with Crippen molar-refractivity contribution in [2.24, 2.45) is 5.73 Å². The second-order valence-electron chi connectivity index (χ2n) is 5.00. The number of nitrogens with one attached hydrogen (secondary N) is 1. The monoisotopic (exact) mass is 245 g/mol. The maximum absolute atomic E-state index is 11.4. The maximum Gasteiger partial charge on any atom is 0.246 e. The van der Waals surface area contributed by atoms with Gasteiger partial charge in [0, 0.05) is 11.2 Å². The maximum atomic E-state index is 11.4. The molecule has 0 atom stereocenters. The van der Waals surface area contributed by atoms with Crippen molar-refractivity contribution in [3.8, 4) is 0 Å². The average molecular weight is 245 g/mol. The molecule has 2 amide bonds. The van der Waals surface area contributed by atoms with Crippen LogP contribution in [0.2, 0.25) is 0 Å². The van der Waals surface area contributed by atoms with Crippen LogP contribution in [0, 0.1) is 0 Å². The van der Waals surface area contributed by atoms with Gasteiger partial charge in [-0.2, -0.15) is 0 Å². The number of carbonyl (C=O) groups is 2. The van der Waals surface area contributed by atoms with E-state index in [9.17, 15) is 9.59 Å². The van der Waals surface area contributed by atoms with E-state index in [1.165, 1.54) is 0 Å². The van der Waals surface area contributed by atoms with Crippen LogP contribution in [0.1, 0.15) is 18.4 Å². The molecule has 0 radical (unpaired) electrons. The lowest BCUT2D eigenvalue weighted by Crippen LogP contribution is -2.52. The Morgan fingerprint density at radius 1 is 1.11 bits per heavy atom. The van der Waals surface area contributed by atoms with Crippen LogP contribution in [0.5, 0.6) is 0 Å². The molecule has 1 heterocycles. The van der Waals surface area contributed by atoms with Gasteiger partial charge in [0.1, 0.15) is 0 Å². The molecule has 0 spiro atoms. The minimum absolute atomic E-state index is 0.207. The van der Waals surface area contributed by atoms with Crippen molar-refractivity contribution in [1.82, 2.24) is 5.32 Å². The van der Waals surface area contributed by atoms with E-state index in [0.29, 0.717) is 0 Å². The zero-order valence-corrected chi connectivity index (χ0v) is 9.98. The topological polar surface area (TPSA) is 75.4 Å². The molecule has 1 aromatic carbocycles. The Hall–Kier alpha value is -1.88. The number of para-hydroxylation sites is 1. The van der Waals surface area contributed by atoms with Gasteiger partial charge in [-0.15, -0.1) is 0 Å². The Morgan fingerprint density at radius 3 is 2.33 bits per heavy atom. The number of carbonyl (C=O) groups excluding carboxylic acids is 2. The molecule has 0 bridgehead atoms. The van der Waals surface area contributed by atoms with Gasteiger partial charge >= 0.3 is 0 Å². The SMILES string of the molecule is NC1(c2ccccc2N2CC(=O)NC(=O)C2)CC1. The highest BCUT2D eigenvalue weighted by molar-refractivity contribution is 6.02. The summed E-state index contributed by atoms with van der Waals surface area (Å²) in [7, 11) is 0. The third kappa shape index (κ3) is 1.86. The number of nitrogens with two attached hydrogens (primary N) is 1. The molecule has 5 heteroatoms. The first kappa shape index (κ1) is 11.2. The van der Waals surface area contributed by atoms with Gasteiger partial charge in [0.25, 0.3) is 0 Å². The molecular weight excluding hydrogens is 230 g/mol. The van der Waals surface area contributed by atoms with Crippen LogP contribution in [0.15, 0.2) is 24.3 Å². The van der Waals surface area contributed by atoms with E-state index in [2.05, 4.69) is 5.32 Å². The van der Waals surface area contributed by atoms with Crippen LogP contribution in [-0.2, 0) is 15.1 Å². The standard InChI is InChI=1S/C13H15N3O2/c14-13(5-6-13)9-3-1-2-4-10(9)16-7-11(17)15-12(18)8-16/h1-4H,5-8,14H2,(H,15,17,18). The highest BCUT2D eigenvalue weighted by Gasteiger charge is 2.42. The summed E-state index contributed by atoms with van der Waals surface area (Å²) in [5.41, 5.74) is 7.90. The van der Waals surface area contributed by atoms with Crippen LogP contribution in [0.3, 0.4) is 0 Å². The zero-order chi connectivity index (χ0) is 12.8. The summed E-state index contributed by atoms with van der Waals surface area (Å²) in [5, 5.41) is 2.30. The predicted octanol–water partition coefficient (Wildman–Crippen LogP) is 0.0972. The molecule has 2 fully saturated rings. The molecular formula is C13H15N3O2. The van der Waals surface area contributed by atoms with Crippen LogP contribution < -0.4 is 16.0 Å². The minimum Gasteiger partial charge on any atom is -0.353 e. The van der Waals surface area contributed by atoms with Crippen molar-refractivity contribution in [3.05, 3.63) is 29.8 Å². The summed E-state index contributed by atoms with van der Waals surface area (Å²) in [6.07, 6.45) is 1.91. The third-order valence-electron chi connectivity index (χ3n) is 3.52. The molecule has 1 aromatic rings. The number of hydrogen-bond acceptors (Lipinski definition) is 4. The van der Waals surface area contributed by atoms with E-state index in [1.54, 1.807) is 4.90 Å². The number of imide groups is 1. The molecule has 1 aliphatic heterocycles. The minimum atomic E-state index is -0.270. The predicted molar refractivity (Wildman–Crippen MR) is 66.9 cm³/mol. The van der Waals surface area contributed by atoms with E-state index in [1.807, 2.05) is 24.3 Å². The van der Waals surface area contributed by atoms with Gasteiger partial charge in [-0.25, -0.2) is 0 Å². The first-order valence-corrected chi connectivity index (χ1v) is 6.04. The van der Waals surface area contributed by atoms with Crippen molar-refractivity contribution in [2.45, 2.75) is 18.4 Å². The van der Waals surface area contributed by atoms with E-state index < -0.39 is 0 Å².